The lowest BCUT2D eigenvalue weighted by atomic mass is 10.1. The summed E-state index contributed by atoms with van der Waals surface area (Å²) in [6, 6.07) is 3.74. The molecule has 2 aromatic heterocycles. The van der Waals surface area contributed by atoms with Crippen molar-refractivity contribution in [1.29, 1.82) is 0 Å². The molecule has 1 N–H and O–H groups in total. The van der Waals surface area contributed by atoms with E-state index in [0.717, 1.165) is 12.3 Å². The Kier molecular flexibility index (Phi) is 6.15. The number of anilines is 2. The molecule has 11 heteroatoms. The number of aromatic nitrogens is 1. The molecule has 29 heavy (non-hydrogen) atoms. The molecule has 3 heterocycles. The van der Waals surface area contributed by atoms with Crippen molar-refractivity contribution in [2.45, 2.75) is 32.0 Å². The number of hydrogen-bond donors (Lipinski definition) is 1. The second kappa shape index (κ2) is 8.44. The molecule has 1 aliphatic rings. The number of piperidine rings is 1. The van der Waals surface area contributed by atoms with Gasteiger partial charge in [0.15, 0.2) is 16.2 Å². The smallest absolute Gasteiger partial charge is 0.417 e. The highest BCUT2D eigenvalue weighted by atomic mass is 79.9. The summed E-state index contributed by atoms with van der Waals surface area (Å²) in [5.41, 5.74) is -1.06. The lowest BCUT2D eigenvalue weighted by Crippen LogP contribution is -2.38. The molecule has 0 atom stereocenters. The number of esters is 1. The van der Waals surface area contributed by atoms with Crippen molar-refractivity contribution >= 4 is 39.3 Å². The third kappa shape index (κ3) is 5.28. The summed E-state index contributed by atoms with van der Waals surface area (Å²) in [4.78, 5) is 29.2. The van der Waals surface area contributed by atoms with Crippen LogP contribution in [0.25, 0.3) is 0 Å². The molecular weight excluding hydrogens is 459 g/mol. The Bertz CT molecular complexity index is 908. The summed E-state index contributed by atoms with van der Waals surface area (Å²) in [5, 5.41) is 2.45. The minimum atomic E-state index is -4.61. The molecule has 0 radical (unpaired) electrons. The Morgan fingerprint density at radius 2 is 2.00 bits per heavy atom. The summed E-state index contributed by atoms with van der Waals surface area (Å²) >= 11 is 3.07. The molecule has 1 saturated heterocycles. The number of rotatable bonds is 4. The Hall–Kier alpha value is -2.56. The average molecular weight is 476 g/mol. The first-order valence-corrected chi connectivity index (χ1v) is 9.49. The van der Waals surface area contributed by atoms with E-state index in [9.17, 15) is 22.8 Å². The Morgan fingerprint density at radius 3 is 2.55 bits per heavy atom. The van der Waals surface area contributed by atoms with Gasteiger partial charge in [0, 0.05) is 39.1 Å². The van der Waals surface area contributed by atoms with Crippen LogP contribution < -0.4 is 10.2 Å². The highest BCUT2D eigenvalue weighted by Crippen LogP contribution is 2.35. The molecule has 0 unspecified atom stereocenters. The second-order valence-corrected chi connectivity index (χ2v) is 7.23. The van der Waals surface area contributed by atoms with Gasteiger partial charge in [-0.3, -0.25) is 9.59 Å². The predicted molar refractivity (Wildman–Crippen MR) is 101 cm³/mol. The van der Waals surface area contributed by atoms with E-state index in [1.54, 1.807) is 4.90 Å². The maximum atomic E-state index is 13.1. The van der Waals surface area contributed by atoms with Crippen LogP contribution in [0.1, 0.15) is 35.9 Å². The maximum Gasteiger partial charge on any atom is 0.417 e. The largest absolute Gasteiger partial charge is 0.462 e. The summed E-state index contributed by atoms with van der Waals surface area (Å²) < 4.78 is 50.1. The third-order valence-electron chi connectivity index (χ3n) is 4.31. The fourth-order valence-corrected chi connectivity index (χ4v) is 3.30. The van der Waals surface area contributed by atoms with E-state index in [1.807, 2.05) is 0 Å². The van der Waals surface area contributed by atoms with Gasteiger partial charge in [-0.2, -0.15) is 13.2 Å². The Labute approximate surface area is 172 Å². The van der Waals surface area contributed by atoms with Crippen LogP contribution in [0.2, 0.25) is 0 Å². The molecule has 0 saturated carbocycles. The summed E-state index contributed by atoms with van der Waals surface area (Å²) in [5.74, 6) is -0.936. The van der Waals surface area contributed by atoms with Gasteiger partial charge in [0.2, 0.25) is 0 Å². The summed E-state index contributed by atoms with van der Waals surface area (Å²) in [7, 11) is 0. The molecule has 0 bridgehead atoms. The van der Waals surface area contributed by atoms with E-state index in [-0.39, 0.29) is 29.3 Å². The van der Waals surface area contributed by atoms with Crippen LogP contribution in [0, 0.1) is 0 Å². The van der Waals surface area contributed by atoms with Gasteiger partial charge in [-0.1, -0.05) is 0 Å². The number of pyridine rings is 1. The van der Waals surface area contributed by atoms with Crippen LogP contribution in [-0.2, 0) is 15.7 Å². The first-order chi connectivity index (χ1) is 13.6. The minimum absolute atomic E-state index is 0.0613. The van der Waals surface area contributed by atoms with Gasteiger partial charge in [-0.25, -0.2) is 4.98 Å². The highest BCUT2D eigenvalue weighted by molar-refractivity contribution is 9.10. The molecule has 1 amide bonds. The van der Waals surface area contributed by atoms with Crippen LogP contribution in [0.4, 0.5) is 24.7 Å². The van der Waals surface area contributed by atoms with Crippen molar-refractivity contribution in [1.82, 2.24) is 4.98 Å². The van der Waals surface area contributed by atoms with Gasteiger partial charge in [0.25, 0.3) is 5.91 Å². The van der Waals surface area contributed by atoms with Crippen LogP contribution in [0.3, 0.4) is 0 Å². The van der Waals surface area contributed by atoms with Crippen molar-refractivity contribution in [2.24, 2.45) is 0 Å². The van der Waals surface area contributed by atoms with Gasteiger partial charge in [0.1, 0.15) is 6.10 Å². The first kappa shape index (κ1) is 21.2. The number of nitrogens with zero attached hydrogens (tertiary/aromatic N) is 2. The van der Waals surface area contributed by atoms with Crippen LogP contribution in [0.5, 0.6) is 0 Å². The standard InChI is InChI=1S/C18H17BrF3N3O4/c1-10(26)28-12-4-6-25(7-5-12)16-13(8-11(9-23-16)18(20,21)22)24-17(27)14-2-3-15(19)29-14/h2-3,8-9,12H,4-7H2,1H3,(H,24,27). The van der Waals surface area contributed by atoms with Crippen LogP contribution in [0.15, 0.2) is 33.5 Å². The molecule has 156 valence electrons. The zero-order valence-electron chi connectivity index (χ0n) is 15.3. The molecular formula is C18H17BrF3N3O4. The molecule has 1 fully saturated rings. The predicted octanol–water partition coefficient (Wildman–Crippen LogP) is 4.24. The van der Waals surface area contributed by atoms with Crippen molar-refractivity contribution in [3.63, 3.8) is 0 Å². The van der Waals surface area contributed by atoms with Gasteiger partial charge in [-0.15, -0.1) is 0 Å². The number of carbonyl (C=O) groups is 2. The fraction of sp³-hybridized carbons (Fsp3) is 0.389. The van der Waals surface area contributed by atoms with Crippen molar-refractivity contribution in [2.75, 3.05) is 23.3 Å². The van der Waals surface area contributed by atoms with Crippen LogP contribution in [-0.4, -0.2) is 36.1 Å². The summed E-state index contributed by atoms with van der Waals surface area (Å²) in [6.07, 6.45) is -3.13. The minimum Gasteiger partial charge on any atom is -0.462 e. The SMILES string of the molecule is CC(=O)OC1CCN(c2ncc(C(F)(F)F)cc2NC(=O)c2ccc(Br)o2)CC1. The van der Waals surface area contributed by atoms with Crippen molar-refractivity contribution in [3.05, 3.63) is 40.4 Å². The molecule has 7 nitrogen and oxygen atoms in total. The van der Waals surface area contributed by atoms with E-state index >= 15 is 0 Å². The number of amides is 1. The lowest BCUT2D eigenvalue weighted by Gasteiger charge is -2.33. The Balaban J connectivity index is 1.84. The number of nitrogens with one attached hydrogen (secondary N) is 1. The van der Waals surface area contributed by atoms with Gasteiger partial charge in [0.05, 0.1) is 11.3 Å². The van der Waals surface area contributed by atoms with Gasteiger partial charge >= 0.3 is 12.1 Å². The molecule has 0 aliphatic carbocycles. The quantitative estimate of drug-likeness (QED) is 0.665. The zero-order valence-corrected chi connectivity index (χ0v) is 16.8. The average Bonchev–Trinajstić information content (AvgIpc) is 3.08. The topological polar surface area (TPSA) is 84.7 Å². The lowest BCUT2D eigenvalue weighted by molar-refractivity contribution is -0.147. The molecule has 0 spiro atoms. The molecule has 3 rings (SSSR count). The van der Waals surface area contributed by atoms with Crippen molar-refractivity contribution in [3.8, 4) is 0 Å². The first-order valence-electron chi connectivity index (χ1n) is 8.69. The van der Waals surface area contributed by atoms with E-state index in [1.165, 1.54) is 19.1 Å². The monoisotopic (exact) mass is 475 g/mol. The van der Waals surface area contributed by atoms with Crippen molar-refractivity contribution < 1.29 is 31.9 Å². The number of ether oxygens (including phenoxy) is 1. The number of furan rings is 1. The molecule has 1 aliphatic heterocycles. The number of hydrogen-bond acceptors (Lipinski definition) is 6. The molecule has 0 aromatic carbocycles. The van der Waals surface area contributed by atoms with E-state index in [0.29, 0.717) is 30.6 Å². The fourth-order valence-electron chi connectivity index (χ4n) is 3.00. The maximum absolute atomic E-state index is 13.1. The third-order valence-corrected chi connectivity index (χ3v) is 4.74. The highest BCUT2D eigenvalue weighted by Gasteiger charge is 2.33. The van der Waals surface area contributed by atoms with E-state index in [2.05, 4.69) is 26.2 Å². The second-order valence-electron chi connectivity index (χ2n) is 6.45. The van der Waals surface area contributed by atoms with Gasteiger partial charge in [-0.05, 0) is 34.1 Å². The Morgan fingerprint density at radius 1 is 1.31 bits per heavy atom. The number of halogens is 4. The van der Waals surface area contributed by atoms with Gasteiger partial charge < -0.3 is 19.4 Å². The number of alkyl halides is 3. The van der Waals surface area contributed by atoms with E-state index < -0.39 is 17.6 Å². The normalized spacial score (nSPS) is 15.3. The zero-order chi connectivity index (χ0) is 21.2. The van der Waals surface area contributed by atoms with E-state index in [4.69, 9.17) is 9.15 Å². The summed E-state index contributed by atoms with van der Waals surface area (Å²) in [6.45, 7) is 2.14. The number of carbonyl (C=O) groups excluding carboxylic acids is 2. The molecule has 2 aromatic rings. The van der Waals surface area contributed by atoms with Crippen LogP contribution >= 0.6 is 15.9 Å².